The topological polar surface area (TPSA) is 24.7 Å². The normalized spacial score (nSPS) is 16.8. The van der Waals surface area contributed by atoms with Crippen molar-refractivity contribution in [3.8, 4) is 0 Å². The zero-order chi connectivity index (χ0) is 14.2. The van der Waals surface area contributed by atoms with Crippen molar-refractivity contribution in [1.29, 1.82) is 0 Å². The van der Waals surface area contributed by atoms with Crippen molar-refractivity contribution in [1.82, 2.24) is 0 Å². The van der Waals surface area contributed by atoms with Gasteiger partial charge in [-0.1, -0.05) is 58.4 Å². The molecule has 0 amide bonds. The Morgan fingerprint density at radius 3 is 1.80 bits per heavy atom. The Bertz CT molecular complexity index is 683. The molecule has 0 N–H and O–H groups in total. The third-order valence-electron chi connectivity index (χ3n) is 3.60. The van der Waals surface area contributed by atoms with Crippen LogP contribution in [0.3, 0.4) is 0 Å². The number of hydrogen-bond donors (Lipinski definition) is 0. The minimum absolute atomic E-state index is 0.185. The van der Waals surface area contributed by atoms with Crippen molar-refractivity contribution in [2.45, 2.75) is 13.8 Å². The minimum Gasteiger partial charge on any atom is -0.154 e. The minimum atomic E-state index is -0.185. The van der Waals surface area contributed by atoms with Crippen molar-refractivity contribution in [3.63, 3.8) is 0 Å². The van der Waals surface area contributed by atoms with Crippen molar-refractivity contribution in [2.75, 3.05) is 0 Å². The molecule has 3 heteroatoms. The van der Waals surface area contributed by atoms with E-state index in [9.17, 15) is 0 Å². The van der Waals surface area contributed by atoms with Gasteiger partial charge in [0.1, 0.15) is 0 Å². The van der Waals surface area contributed by atoms with E-state index in [0.29, 0.717) is 0 Å². The van der Waals surface area contributed by atoms with Crippen molar-refractivity contribution < 1.29 is 0 Å². The number of rotatable bonds is 2. The van der Waals surface area contributed by atoms with E-state index in [0.717, 1.165) is 27.0 Å². The van der Waals surface area contributed by atoms with E-state index in [-0.39, 0.29) is 5.41 Å². The van der Waals surface area contributed by atoms with E-state index in [1.54, 1.807) is 0 Å². The molecule has 0 saturated carbocycles. The first-order valence-electron chi connectivity index (χ1n) is 6.57. The fraction of sp³-hybridized carbons (Fsp3) is 0.176. The second-order valence-electron chi connectivity index (χ2n) is 5.40. The maximum Gasteiger partial charge on any atom is 0.0819 e. The van der Waals surface area contributed by atoms with Gasteiger partial charge in [-0.2, -0.15) is 10.2 Å². The van der Waals surface area contributed by atoms with Crippen LogP contribution >= 0.6 is 15.9 Å². The Kier molecular flexibility index (Phi) is 3.30. The molecule has 1 aliphatic rings. The van der Waals surface area contributed by atoms with Gasteiger partial charge in [0, 0.05) is 4.47 Å². The molecule has 0 aromatic heterocycles. The van der Waals surface area contributed by atoms with Crippen LogP contribution in [-0.2, 0) is 0 Å². The summed E-state index contributed by atoms with van der Waals surface area (Å²) in [4.78, 5) is 0. The second kappa shape index (κ2) is 4.98. The summed E-state index contributed by atoms with van der Waals surface area (Å²) in [5.74, 6) is 0. The second-order valence-corrected chi connectivity index (χ2v) is 6.31. The summed E-state index contributed by atoms with van der Waals surface area (Å²) < 4.78 is 1.07. The predicted molar refractivity (Wildman–Crippen MR) is 87.4 cm³/mol. The first-order valence-corrected chi connectivity index (χ1v) is 7.36. The predicted octanol–water partition coefficient (Wildman–Crippen LogP) is 4.68. The lowest BCUT2D eigenvalue weighted by Gasteiger charge is -2.23. The van der Waals surface area contributed by atoms with Crippen LogP contribution in [0, 0.1) is 5.41 Å². The van der Waals surface area contributed by atoms with Crippen molar-refractivity contribution >= 4 is 27.4 Å². The summed E-state index contributed by atoms with van der Waals surface area (Å²) in [5, 5.41) is 8.87. The molecule has 0 fully saturated rings. The van der Waals surface area contributed by atoms with Crippen LogP contribution in [0.5, 0.6) is 0 Å². The highest BCUT2D eigenvalue weighted by atomic mass is 79.9. The molecule has 2 aromatic rings. The highest BCUT2D eigenvalue weighted by molar-refractivity contribution is 9.10. The lowest BCUT2D eigenvalue weighted by Crippen LogP contribution is -2.31. The van der Waals surface area contributed by atoms with Gasteiger partial charge in [0.05, 0.1) is 16.8 Å². The van der Waals surface area contributed by atoms with Crippen LogP contribution < -0.4 is 0 Å². The van der Waals surface area contributed by atoms with Gasteiger partial charge in [0.2, 0.25) is 0 Å². The van der Waals surface area contributed by atoms with Gasteiger partial charge >= 0.3 is 0 Å². The van der Waals surface area contributed by atoms with E-state index < -0.39 is 0 Å². The highest BCUT2D eigenvalue weighted by Crippen LogP contribution is 2.33. The third-order valence-corrected chi connectivity index (χ3v) is 4.13. The number of hydrogen-bond acceptors (Lipinski definition) is 2. The Labute approximate surface area is 127 Å². The summed E-state index contributed by atoms with van der Waals surface area (Å²) in [5.41, 5.74) is 4.11. The Morgan fingerprint density at radius 2 is 1.25 bits per heavy atom. The summed E-state index contributed by atoms with van der Waals surface area (Å²) in [7, 11) is 0. The van der Waals surface area contributed by atoms with Gasteiger partial charge in [-0.3, -0.25) is 0 Å². The quantitative estimate of drug-likeness (QED) is 0.765. The van der Waals surface area contributed by atoms with Gasteiger partial charge in [0.15, 0.2) is 0 Å². The first-order chi connectivity index (χ1) is 9.59. The lowest BCUT2D eigenvalue weighted by molar-refractivity contribution is 0.745. The molecule has 2 nitrogen and oxygen atoms in total. The summed E-state index contributed by atoms with van der Waals surface area (Å²) >= 11 is 3.46. The molecule has 1 aliphatic heterocycles. The molecular formula is C17H15BrN2. The summed E-state index contributed by atoms with van der Waals surface area (Å²) in [6, 6.07) is 18.5. The molecule has 100 valence electrons. The van der Waals surface area contributed by atoms with Gasteiger partial charge in [-0.25, -0.2) is 0 Å². The van der Waals surface area contributed by atoms with E-state index in [1.165, 1.54) is 0 Å². The summed E-state index contributed by atoms with van der Waals surface area (Å²) in [6.07, 6.45) is 0. The molecule has 20 heavy (non-hydrogen) atoms. The van der Waals surface area contributed by atoms with Gasteiger partial charge in [0.25, 0.3) is 0 Å². The Hall–Kier alpha value is -1.74. The monoisotopic (exact) mass is 326 g/mol. The maximum atomic E-state index is 4.44. The van der Waals surface area contributed by atoms with Crippen LogP contribution in [0.4, 0.5) is 0 Å². The third kappa shape index (κ3) is 2.22. The first kappa shape index (κ1) is 13.3. The average molecular weight is 327 g/mol. The van der Waals surface area contributed by atoms with E-state index >= 15 is 0 Å². The molecule has 0 unspecified atom stereocenters. The largest absolute Gasteiger partial charge is 0.154 e. The molecule has 0 aliphatic carbocycles. The fourth-order valence-electron chi connectivity index (χ4n) is 2.50. The van der Waals surface area contributed by atoms with Crippen LogP contribution in [0.25, 0.3) is 0 Å². The van der Waals surface area contributed by atoms with Gasteiger partial charge in [-0.15, -0.1) is 0 Å². The zero-order valence-electron chi connectivity index (χ0n) is 11.5. The van der Waals surface area contributed by atoms with E-state index in [2.05, 4.69) is 64.2 Å². The summed E-state index contributed by atoms with van der Waals surface area (Å²) in [6.45, 7) is 4.35. The highest BCUT2D eigenvalue weighted by Gasteiger charge is 2.37. The smallest absolute Gasteiger partial charge is 0.0819 e. The van der Waals surface area contributed by atoms with Crippen molar-refractivity contribution in [3.05, 3.63) is 70.2 Å². The van der Waals surface area contributed by atoms with Gasteiger partial charge in [-0.05, 0) is 37.1 Å². The molecule has 3 rings (SSSR count). The van der Waals surface area contributed by atoms with Crippen LogP contribution in [-0.4, -0.2) is 11.4 Å². The molecular weight excluding hydrogens is 312 g/mol. The number of benzene rings is 2. The average Bonchev–Trinajstić information content (AvgIpc) is 2.76. The number of halogens is 1. The molecule has 0 saturated heterocycles. The maximum absolute atomic E-state index is 4.44. The SMILES string of the molecule is CC1(C)C(c2ccccc2)=NN=C1c1ccc(Br)cc1. The molecule has 2 aromatic carbocycles. The fourth-order valence-corrected chi connectivity index (χ4v) is 2.77. The van der Waals surface area contributed by atoms with Crippen LogP contribution in [0.2, 0.25) is 0 Å². The molecule has 1 heterocycles. The molecule has 0 spiro atoms. The molecule has 0 bridgehead atoms. The number of nitrogens with zero attached hydrogens (tertiary/aromatic N) is 2. The van der Waals surface area contributed by atoms with Crippen LogP contribution in [0.1, 0.15) is 25.0 Å². The van der Waals surface area contributed by atoms with E-state index in [1.807, 2.05) is 30.3 Å². The standard InChI is InChI=1S/C17H15BrN2/c1-17(2)15(12-6-4-3-5-7-12)19-20-16(17)13-8-10-14(18)11-9-13/h3-11H,1-2H3. The van der Waals surface area contributed by atoms with E-state index in [4.69, 9.17) is 0 Å². The van der Waals surface area contributed by atoms with Crippen molar-refractivity contribution in [2.24, 2.45) is 15.6 Å². The van der Waals surface area contributed by atoms with Crippen LogP contribution in [0.15, 0.2) is 69.3 Å². The Balaban J connectivity index is 1.97. The Morgan fingerprint density at radius 1 is 0.750 bits per heavy atom. The zero-order valence-corrected chi connectivity index (χ0v) is 13.1. The molecule has 0 radical (unpaired) electrons. The molecule has 0 atom stereocenters. The lowest BCUT2D eigenvalue weighted by atomic mass is 9.77. The van der Waals surface area contributed by atoms with Gasteiger partial charge < -0.3 is 0 Å².